The van der Waals surface area contributed by atoms with Gasteiger partial charge in [-0.25, -0.2) is 0 Å². The molecule has 0 radical (unpaired) electrons. The number of hydrogen-bond acceptors (Lipinski definition) is 3. The molecule has 1 saturated heterocycles. The first-order valence-electron chi connectivity index (χ1n) is 3.73. The molecule has 1 aromatic rings. The molecule has 60 valence electrons. The van der Waals surface area contributed by atoms with Gasteiger partial charge in [-0.1, -0.05) is 0 Å². The average Bonchev–Trinajstić information content (AvgIpc) is 2.58. The molecule has 11 heavy (non-hydrogen) atoms. The highest BCUT2D eigenvalue weighted by molar-refractivity contribution is 4.99. The maximum atomic E-state index is 5.31. The summed E-state index contributed by atoms with van der Waals surface area (Å²) in [5.41, 5.74) is 0. The van der Waals surface area contributed by atoms with Crippen molar-refractivity contribution in [2.24, 2.45) is 0 Å². The molecular formula is C8H10O3. The van der Waals surface area contributed by atoms with Crippen LogP contribution in [0.2, 0.25) is 0 Å². The lowest BCUT2D eigenvalue weighted by atomic mass is 10.4. The van der Waals surface area contributed by atoms with Crippen LogP contribution >= 0.6 is 0 Å². The fourth-order valence-electron chi connectivity index (χ4n) is 1.08. The molecule has 0 amide bonds. The molecule has 3 heteroatoms. The van der Waals surface area contributed by atoms with Crippen molar-refractivity contribution in [1.82, 2.24) is 0 Å². The van der Waals surface area contributed by atoms with Gasteiger partial charge < -0.3 is 13.9 Å². The Morgan fingerprint density at radius 1 is 1.27 bits per heavy atom. The molecule has 0 spiro atoms. The molecule has 0 aromatic carbocycles. The highest BCUT2D eigenvalue weighted by Gasteiger charge is 2.18. The monoisotopic (exact) mass is 154 g/mol. The van der Waals surface area contributed by atoms with Gasteiger partial charge in [-0.2, -0.15) is 0 Å². The van der Waals surface area contributed by atoms with E-state index in [9.17, 15) is 0 Å². The molecule has 3 nitrogen and oxygen atoms in total. The summed E-state index contributed by atoms with van der Waals surface area (Å²) in [7, 11) is 0. The Hall–Kier alpha value is -0.800. The van der Waals surface area contributed by atoms with E-state index in [2.05, 4.69) is 0 Å². The van der Waals surface area contributed by atoms with E-state index in [1.807, 2.05) is 12.1 Å². The number of rotatable bonds is 1. The number of ether oxygens (including phenoxy) is 2. The topological polar surface area (TPSA) is 31.6 Å². The molecule has 0 aliphatic carbocycles. The molecule has 2 rings (SSSR count). The first-order valence-corrected chi connectivity index (χ1v) is 3.73. The third kappa shape index (κ3) is 1.44. The zero-order chi connectivity index (χ0) is 7.52. The molecule has 0 atom stereocenters. The van der Waals surface area contributed by atoms with Crippen LogP contribution in [-0.2, 0) is 9.47 Å². The van der Waals surface area contributed by atoms with Crippen LogP contribution in [0.4, 0.5) is 0 Å². The SMILES string of the molecule is c1coc(C2OCCCO2)c1. The Morgan fingerprint density at radius 3 is 2.73 bits per heavy atom. The van der Waals surface area contributed by atoms with Gasteiger partial charge in [0, 0.05) is 0 Å². The first kappa shape index (κ1) is 6.88. The summed E-state index contributed by atoms with van der Waals surface area (Å²) < 4.78 is 15.7. The van der Waals surface area contributed by atoms with E-state index < -0.39 is 0 Å². The maximum Gasteiger partial charge on any atom is 0.217 e. The van der Waals surface area contributed by atoms with Gasteiger partial charge in [0.05, 0.1) is 19.5 Å². The normalized spacial score (nSPS) is 20.4. The molecule has 0 bridgehead atoms. The van der Waals surface area contributed by atoms with Gasteiger partial charge in [0.25, 0.3) is 0 Å². The lowest BCUT2D eigenvalue weighted by molar-refractivity contribution is -0.191. The van der Waals surface area contributed by atoms with Crippen LogP contribution < -0.4 is 0 Å². The molecule has 1 fully saturated rings. The highest BCUT2D eigenvalue weighted by atomic mass is 16.7. The van der Waals surface area contributed by atoms with Crippen molar-refractivity contribution in [3.8, 4) is 0 Å². The summed E-state index contributed by atoms with van der Waals surface area (Å²) in [5, 5.41) is 0. The zero-order valence-corrected chi connectivity index (χ0v) is 6.16. The van der Waals surface area contributed by atoms with Gasteiger partial charge >= 0.3 is 0 Å². The van der Waals surface area contributed by atoms with E-state index >= 15 is 0 Å². The largest absolute Gasteiger partial charge is 0.464 e. The number of furan rings is 1. The highest BCUT2D eigenvalue weighted by Crippen LogP contribution is 2.22. The molecular weight excluding hydrogens is 144 g/mol. The Bertz CT molecular complexity index is 199. The second-order valence-corrected chi connectivity index (χ2v) is 2.44. The lowest BCUT2D eigenvalue weighted by Gasteiger charge is -2.20. The van der Waals surface area contributed by atoms with Crippen LogP contribution in [0.5, 0.6) is 0 Å². The van der Waals surface area contributed by atoms with Crippen molar-refractivity contribution in [2.45, 2.75) is 12.7 Å². The summed E-state index contributed by atoms with van der Waals surface area (Å²) in [6.45, 7) is 1.51. The van der Waals surface area contributed by atoms with Crippen LogP contribution in [0, 0.1) is 0 Å². The predicted octanol–water partition coefficient (Wildman–Crippen LogP) is 1.72. The molecule has 1 aliphatic rings. The summed E-state index contributed by atoms with van der Waals surface area (Å²) in [5.74, 6) is 0.754. The predicted molar refractivity (Wildman–Crippen MR) is 38.0 cm³/mol. The smallest absolute Gasteiger partial charge is 0.217 e. The minimum Gasteiger partial charge on any atom is -0.464 e. The van der Waals surface area contributed by atoms with Crippen LogP contribution in [0.25, 0.3) is 0 Å². The quantitative estimate of drug-likeness (QED) is 0.617. The van der Waals surface area contributed by atoms with Crippen LogP contribution in [-0.4, -0.2) is 13.2 Å². The van der Waals surface area contributed by atoms with Crippen molar-refractivity contribution >= 4 is 0 Å². The summed E-state index contributed by atoms with van der Waals surface area (Å²) in [4.78, 5) is 0. The van der Waals surface area contributed by atoms with E-state index in [4.69, 9.17) is 13.9 Å². The van der Waals surface area contributed by atoms with Crippen LogP contribution in [0.3, 0.4) is 0 Å². The van der Waals surface area contributed by atoms with E-state index in [1.165, 1.54) is 0 Å². The molecule has 1 aliphatic heterocycles. The Balaban J connectivity index is 2.04. The van der Waals surface area contributed by atoms with E-state index in [0.717, 1.165) is 25.4 Å². The van der Waals surface area contributed by atoms with Crippen molar-refractivity contribution in [3.05, 3.63) is 24.2 Å². The lowest BCUT2D eigenvalue weighted by Crippen LogP contribution is -2.16. The zero-order valence-electron chi connectivity index (χ0n) is 6.16. The van der Waals surface area contributed by atoms with Crippen LogP contribution in [0.15, 0.2) is 22.8 Å². The Kier molecular flexibility index (Phi) is 1.92. The third-order valence-electron chi connectivity index (χ3n) is 1.60. The Morgan fingerprint density at radius 2 is 2.09 bits per heavy atom. The summed E-state index contributed by atoms with van der Waals surface area (Å²) in [6, 6.07) is 3.69. The molecule has 1 aromatic heterocycles. The fourth-order valence-corrected chi connectivity index (χ4v) is 1.08. The summed E-state index contributed by atoms with van der Waals surface area (Å²) >= 11 is 0. The van der Waals surface area contributed by atoms with Crippen molar-refractivity contribution in [2.75, 3.05) is 13.2 Å². The van der Waals surface area contributed by atoms with Gasteiger partial charge in [0.1, 0.15) is 0 Å². The molecule has 2 heterocycles. The van der Waals surface area contributed by atoms with Gasteiger partial charge in [-0.15, -0.1) is 0 Å². The molecule has 0 N–H and O–H groups in total. The minimum absolute atomic E-state index is 0.279. The van der Waals surface area contributed by atoms with E-state index in [1.54, 1.807) is 6.26 Å². The first-order chi connectivity index (χ1) is 5.47. The third-order valence-corrected chi connectivity index (χ3v) is 1.60. The average molecular weight is 154 g/mol. The van der Waals surface area contributed by atoms with E-state index in [-0.39, 0.29) is 6.29 Å². The van der Waals surface area contributed by atoms with Crippen LogP contribution in [0.1, 0.15) is 18.5 Å². The van der Waals surface area contributed by atoms with E-state index in [0.29, 0.717) is 0 Å². The number of hydrogen-bond donors (Lipinski definition) is 0. The van der Waals surface area contributed by atoms with Gasteiger partial charge in [-0.3, -0.25) is 0 Å². The fraction of sp³-hybridized carbons (Fsp3) is 0.500. The Labute approximate surface area is 64.9 Å². The second-order valence-electron chi connectivity index (χ2n) is 2.44. The molecule has 0 saturated carbocycles. The van der Waals surface area contributed by atoms with Gasteiger partial charge in [0.2, 0.25) is 6.29 Å². The van der Waals surface area contributed by atoms with Gasteiger partial charge in [0.15, 0.2) is 5.76 Å². The van der Waals surface area contributed by atoms with Crippen molar-refractivity contribution in [1.29, 1.82) is 0 Å². The minimum atomic E-state index is -0.279. The molecule has 0 unspecified atom stereocenters. The second kappa shape index (κ2) is 3.07. The standard InChI is InChI=1S/C8H10O3/c1-3-7(9-4-1)8-10-5-2-6-11-8/h1,3-4,8H,2,5-6H2. The summed E-state index contributed by atoms with van der Waals surface area (Å²) in [6.07, 6.45) is 2.31. The maximum absolute atomic E-state index is 5.31. The van der Waals surface area contributed by atoms with Crippen molar-refractivity contribution in [3.63, 3.8) is 0 Å². The van der Waals surface area contributed by atoms with Gasteiger partial charge in [-0.05, 0) is 18.6 Å². The van der Waals surface area contributed by atoms with Crippen molar-refractivity contribution < 1.29 is 13.9 Å².